The van der Waals surface area contributed by atoms with E-state index in [-0.39, 0.29) is 11.9 Å². The van der Waals surface area contributed by atoms with Crippen LogP contribution >= 0.6 is 0 Å². The minimum Gasteiger partial charge on any atom is -0.369 e. The molecule has 0 aliphatic carbocycles. The van der Waals surface area contributed by atoms with Crippen molar-refractivity contribution in [3.8, 4) is 5.82 Å². The fourth-order valence-electron chi connectivity index (χ4n) is 4.49. The highest BCUT2D eigenvalue weighted by Gasteiger charge is 2.30. The zero-order valence-corrected chi connectivity index (χ0v) is 18.7. The number of likely N-dealkylation sites (tertiary alicyclic amines) is 1. The lowest BCUT2D eigenvalue weighted by atomic mass is 10.1. The summed E-state index contributed by atoms with van der Waals surface area (Å²) in [6.07, 6.45) is 8.42. The van der Waals surface area contributed by atoms with Crippen LogP contribution in [0.5, 0.6) is 0 Å². The van der Waals surface area contributed by atoms with Crippen LogP contribution in [0.1, 0.15) is 43.2 Å². The minimum absolute atomic E-state index is 0.0278. The summed E-state index contributed by atoms with van der Waals surface area (Å²) in [4.78, 5) is 32.8. The fraction of sp³-hybridized carbons (Fsp3) is 0.320. The van der Waals surface area contributed by atoms with Gasteiger partial charge in [-0.15, -0.1) is 0 Å². The maximum Gasteiger partial charge on any atom is 0.223 e. The van der Waals surface area contributed by atoms with Gasteiger partial charge < -0.3 is 10.2 Å². The van der Waals surface area contributed by atoms with Gasteiger partial charge in [0, 0.05) is 37.3 Å². The van der Waals surface area contributed by atoms with Crippen molar-refractivity contribution in [2.75, 3.05) is 18.4 Å². The Morgan fingerprint density at radius 3 is 2.91 bits per heavy atom. The van der Waals surface area contributed by atoms with Gasteiger partial charge in [0.1, 0.15) is 23.8 Å². The van der Waals surface area contributed by atoms with Crippen LogP contribution in [-0.2, 0) is 4.79 Å². The molecule has 8 heteroatoms. The Labute approximate surface area is 192 Å². The highest BCUT2D eigenvalue weighted by molar-refractivity contribution is 5.88. The molecule has 4 aromatic rings. The summed E-state index contributed by atoms with van der Waals surface area (Å²) < 4.78 is 1.97. The molecule has 1 amide bonds. The quantitative estimate of drug-likeness (QED) is 0.435. The number of carbonyl (C=O) groups excluding carboxylic acids is 1. The molecule has 1 aromatic carbocycles. The molecule has 168 valence electrons. The van der Waals surface area contributed by atoms with Crippen molar-refractivity contribution in [1.82, 2.24) is 29.4 Å². The van der Waals surface area contributed by atoms with E-state index in [0.29, 0.717) is 13.0 Å². The molecule has 1 aliphatic heterocycles. The summed E-state index contributed by atoms with van der Waals surface area (Å²) >= 11 is 0. The third-order valence-electron chi connectivity index (χ3n) is 6.15. The van der Waals surface area contributed by atoms with Crippen molar-refractivity contribution in [2.45, 2.75) is 38.6 Å². The van der Waals surface area contributed by atoms with E-state index < -0.39 is 0 Å². The number of benzene rings is 1. The van der Waals surface area contributed by atoms with Crippen molar-refractivity contribution in [3.05, 3.63) is 72.7 Å². The first-order valence-electron chi connectivity index (χ1n) is 11.4. The van der Waals surface area contributed by atoms with E-state index in [1.165, 1.54) is 0 Å². The van der Waals surface area contributed by atoms with Gasteiger partial charge in [-0.1, -0.05) is 18.2 Å². The van der Waals surface area contributed by atoms with Gasteiger partial charge in [0.05, 0.1) is 17.3 Å². The van der Waals surface area contributed by atoms with Gasteiger partial charge in [-0.05, 0) is 50.5 Å². The lowest BCUT2D eigenvalue weighted by molar-refractivity contribution is -0.132. The molecular formula is C25H27N7O. The molecule has 1 saturated heterocycles. The van der Waals surface area contributed by atoms with Crippen LogP contribution in [0, 0.1) is 6.92 Å². The van der Waals surface area contributed by atoms with Gasteiger partial charge in [-0.25, -0.2) is 19.9 Å². The molecule has 1 fully saturated rings. The van der Waals surface area contributed by atoms with Crippen LogP contribution < -0.4 is 5.32 Å². The van der Waals surface area contributed by atoms with Crippen molar-refractivity contribution in [1.29, 1.82) is 0 Å². The maximum absolute atomic E-state index is 13.1. The standard InChI is InChI=1S/C25H27N7O/c1-18-26-14-16-31(18)23-11-4-9-21(30-23)22-10-6-15-32(22)24(33)12-5-13-27-25-19-7-2-3-8-20(19)28-17-29-25/h2-4,7-9,11,14,16-17,22H,5-6,10,12-13,15H2,1H3,(H,27,28,29)/t22-/m0/s1. The number of pyridine rings is 1. The van der Waals surface area contributed by atoms with Crippen LogP contribution in [0.2, 0.25) is 0 Å². The molecule has 1 aliphatic rings. The number of nitrogens with one attached hydrogen (secondary N) is 1. The summed E-state index contributed by atoms with van der Waals surface area (Å²) in [7, 11) is 0. The van der Waals surface area contributed by atoms with E-state index in [1.54, 1.807) is 12.5 Å². The summed E-state index contributed by atoms with van der Waals surface area (Å²) in [6, 6.07) is 13.9. The number of fused-ring (bicyclic) bond motifs is 1. The van der Waals surface area contributed by atoms with E-state index >= 15 is 0 Å². The van der Waals surface area contributed by atoms with Gasteiger partial charge >= 0.3 is 0 Å². The number of rotatable bonds is 7. The first-order valence-corrected chi connectivity index (χ1v) is 11.4. The average Bonchev–Trinajstić information content (AvgIpc) is 3.51. The topological polar surface area (TPSA) is 88.8 Å². The number of imidazole rings is 1. The minimum atomic E-state index is 0.0278. The Kier molecular flexibility index (Phi) is 5.97. The van der Waals surface area contributed by atoms with Crippen molar-refractivity contribution < 1.29 is 4.79 Å². The van der Waals surface area contributed by atoms with Gasteiger partial charge in [-0.2, -0.15) is 0 Å². The first kappa shape index (κ1) is 21.1. The number of amides is 1. The molecule has 0 unspecified atom stereocenters. The Morgan fingerprint density at radius 1 is 1.12 bits per heavy atom. The molecule has 8 nitrogen and oxygen atoms in total. The zero-order chi connectivity index (χ0) is 22.6. The van der Waals surface area contributed by atoms with Crippen molar-refractivity contribution in [2.24, 2.45) is 0 Å². The van der Waals surface area contributed by atoms with Gasteiger partial charge in [-0.3, -0.25) is 9.36 Å². The van der Waals surface area contributed by atoms with Crippen LogP contribution in [0.4, 0.5) is 5.82 Å². The first-order chi connectivity index (χ1) is 16.2. The molecular weight excluding hydrogens is 414 g/mol. The number of nitrogens with zero attached hydrogens (tertiary/aromatic N) is 6. The van der Waals surface area contributed by atoms with Crippen molar-refractivity contribution in [3.63, 3.8) is 0 Å². The Hall–Kier alpha value is -3.81. The predicted octanol–water partition coefficient (Wildman–Crippen LogP) is 4.07. The third-order valence-corrected chi connectivity index (χ3v) is 6.15. The third kappa shape index (κ3) is 4.41. The number of hydrogen-bond acceptors (Lipinski definition) is 6. The smallest absolute Gasteiger partial charge is 0.223 e. The summed E-state index contributed by atoms with van der Waals surface area (Å²) in [5.74, 6) is 2.71. The number of anilines is 1. The summed E-state index contributed by atoms with van der Waals surface area (Å²) in [5, 5.41) is 4.35. The second kappa shape index (κ2) is 9.36. The van der Waals surface area contributed by atoms with Gasteiger partial charge in [0.15, 0.2) is 0 Å². The van der Waals surface area contributed by atoms with E-state index in [2.05, 4.69) is 20.3 Å². The Morgan fingerprint density at radius 2 is 2.03 bits per heavy atom. The molecule has 1 N–H and O–H groups in total. The zero-order valence-electron chi connectivity index (χ0n) is 18.7. The summed E-state index contributed by atoms with van der Waals surface area (Å²) in [5.41, 5.74) is 1.85. The lowest BCUT2D eigenvalue weighted by Gasteiger charge is -2.25. The monoisotopic (exact) mass is 441 g/mol. The number of para-hydroxylation sites is 1. The highest BCUT2D eigenvalue weighted by atomic mass is 16.2. The molecule has 33 heavy (non-hydrogen) atoms. The SMILES string of the molecule is Cc1nccn1-c1cccc([C@@H]2CCCN2C(=O)CCCNc2ncnc3ccccc23)n1. The largest absolute Gasteiger partial charge is 0.369 e. The second-order valence-corrected chi connectivity index (χ2v) is 8.28. The highest BCUT2D eigenvalue weighted by Crippen LogP contribution is 2.32. The molecule has 1 atom stereocenters. The van der Waals surface area contributed by atoms with Gasteiger partial charge in [0.25, 0.3) is 0 Å². The molecule has 5 rings (SSSR count). The van der Waals surface area contributed by atoms with E-state index in [1.807, 2.05) is 65.1 Å². The molecule has 3 aromatic heterocycles. The number of hydrogen-bond donors (Lipinski definition) is 1. The number of carbonyl (C=O) groups is 1. The van der Waals surface area contributed by atoms with E-state index in [9.17, 15) is 4.79 Å². The van der Waals surface area contributed by atoms with E-state index in [4.69, 9.17) is 4.98 Å². The molecule has 4 heterocycles. The summed E-state index contributed by atoms with van der Waals surface area (Å²) in [6.45, 7) is 3.42. The van der Waals surface area contributed by atoms with Crippen molar-refractivity contribution >= 4 is 22.6 Å². The molecule has 0 radical (unpaired) electrons. The van der Waals surface area contributed by atoms with Gasteiger partial charge in [0.2, 0.25) is 5.91 Å². The molecule has 0 bridgehead atoms. The fourth-order valence-corrected chi connectivity index (χ4v) is 4.49. The van der Waals surface area contributed by atoms with Crippen LogP contribution in [0.15, 0.2) is 61.2 Å². The molecule has 0 saturated carbocycles. The molecule has 0 spiro atoms. The number of aryl methyl sites for hydroxylation is 1. The lowest BCUT2D eigenvalue weighted by Crippen LogP contribution is -2.31. The Bertz CT molecular complexity index is 1260. The van der Waals surface area contributed by atoms with Crippen LogP contribution in [0.25, 0.3) is 16.7 Å². The predicted molar refractivity (Wildman–Crippen MR) is 127 cm³/mol. The van der Waals surface area contributed by atoms with E-state index in [0.717, 1.165) is 59.9 Å². The average molecular weight is 442 g/mol. The van der Waals surface area contributed by atoms with Crippen LogP contribution in [-0.4, -0.2) is 48.4 Å². The Balaban J connectivity index is 1.21. The second-order valence-electron chi connectivity index (χ2n) is 8.28. The van der Waals surface area contributed by atoms with Crippen LogP contribution in [0.3, 0.4) is 0 Å². The number of aromatic nitrogens is 5. The maximum atomic E-state index is 13.1. The normalized spacial score (nSPS) is 15.8.